The van der Waals surface area contributed by atoms with Crippen LogP contribution in [0.3, 0.4) is 0 Å². The molecule has 88 valence electrons. The summed E-state index contributed by atoms with van der Waals surface area (Å²) in [4.78, 5) is 3.92. The summed E-state index contributed by atoms with van der Waals surface area (Å²) in [7, 11) is 0. The van der Waals surface area contributed by atoms with E-state index in [1.165, 1.54) is 12.3 Å². The van der Waals surface area contributed by atoms with Crippen LogP contribution in [0, 0.1) is 5.82 Å². The second-order valence-electron chi connectivity index (χ2n) is 3.39. The normalized spacial score (nSPS) is 10.6. The molecule has 5 heteroatoms. The molecule has 0 spiro atoms. The Balaban J connectivity index is 2.69. The largest absolute Gasteiger partial charge is 0.392 e. The van der Waals surface area contributed by atoms with Gasteiger partial charge in [0, 0.05) is 17.3 Å². The van der Waals surface area contributed by atoms with Crippen LogP contribution in [0.25, 0.3) is 11.3 Å². The first kappa shape index (κ1) is 12.3. The molecule has 0 unspecified atom stereocenters. The molecule has 0 atom stereocenters. The highest BCUT2D eigenvalue weighted by Crippen LogP contribution is 2.35. The Morgan fingerprint density at radius 2 is 1.82 bits per heavy atom. The van der Waals surface area contributed by atoms with Crippen molar-refractivity contribution in [2.24, 2.45) is 0 Å². The van der Waals surface area contributed by atoms with E-state index >= 15 is 0 Å². The van der Waals surface area contributed by atoms with Crippen molar-refractivity contribution in [2.45, 2.75) is 6.61 Å². The molecule has 0 radical (unpaired) electrons. The Bertz CT molecular complexity index is 540. The van der Waals surface area contributed by atoms with Gasteiger partial charge < -0.3 is 5.11 Å². The molecule has 0 fully saturated rings. The fourth-order valence-corrected chi connectivity index (χ4v) is 2.08. The molecular weight excluding hydrogens is 264 g/mol. The topological polar surface area (TPSA) is 33.1 Å². The van der Waals surface area contributed by atoms with Crippen LogP contribution in [0.2, 0.25) is 10.0 Å². The Kier molecular flexibility index (Phi) is 3.62. The Hall–Kier alpha value is -1.16. The van der Waals surface area contributed by atoms with Crippen LogP contribution in [-0.2, 0) is 6.61 Å². The number of aliphatic hydroxyl groups excluding tert-OH is 1. The zero-order valence-electron chi connectivity index (χ0n) is 8.62. The number of pyridine rings is 1. The smallest absolute Gasteiger partial charge is 0.155 e. The average molecular weight is 272 g/mol. The number of hydrogen-bond acceptors (Lipinski definition) is 2. The van der Waals surface area contributed by atoms with E-state index in [4.69, 9.17) is 28.3 Å². The van der Waals surface area contributed by atoms with E-state index in [1.54, 1.807) is 18.2 Å². The van der Waals surface area contributed by atoms with Gasteiger partial charge in [0.1, 0.15) is 5.69 Å². The van der Waals surface area contributed by atoms with Crippen molar-refractivity contribution in [1.82, 2.24) is 4.98 Å². The van der Waals surface area contributed by atoms with E-state index in [1.807, 2.05) is 0 Å². The molecule has 2 rings (SSSR count). The number of aromatic nitrogens is 1. The molecule has 0 saturated carbocycles. The third-order valence-electron chi connectivity index (χ3n) is 2.34. The molecule has 2 aromatic rings. The van der Waals surface area contributed by atoms with Crippen LogP contribution in [-0.4, -0.2) is 10.1 Å². The number of benzene rings is 1. The van der Waals surface area contributed by atoms with Gasteiger partial charge in [-0.05, 0) is 18.2 Å². The molecule has 1 aromatic carbocycles. The minimum Gasteiger partial charge on any atom is -0.392 e. The van der Waals surface area contributed by atoms with E-state index in [-0.39, 0.29) is 11.3 Å². The summed E-state index contributed by atoms with van der Waals surface area (Å²) in [6.07, 6.45) is 1.41. The quantitative estimate of drug-likeness (QED) is 0.904. The molecule has 0 aliphatic carbocycles. The molecule has 0 aliphatic rings. The summed E-state index contributed by atoms with van der Waals surface area (Å²) in [6, 6.07) is 6.29. The first-order valence-electron chi connectivity index (χ1n) is 4.83. The maximum absolute atomic E-state index is 14.0. The molecule has 2 nitrogen and oxygen atoms in total. The highest BCUT2D eigenvalue weighted by molar-refractivity contribution is 6.39. The monoisotopic (exact) mass is 271 g/mol. The maximum Gasteiger partial charge on any atom is 0.155 e. The first-order chi connectivity index (χ1) is 8.15. The molecular formula is C12H8Cl2FNO. The number of nitrogens with zero attached hydrogens (tertiary/aromatic N) is 1. The zero-order valence-corrected chi connectivity index (χ0v) is 10.1. The molecule has 0 amide bonds. The number of hydrogen-bond donors (Lipinski definition) is 1. The van der Waals surface area contributed by atoms with E-state index in [9.17, 15) is 4.39 Å². The minimum absolute atomic E-state index is 0.0483. The van der Waals surface area contributed by atoms with E-state index in [0.29, 0.717) is 15.6 Å². The van der Waals surface area contributed by atoms with Crippen molar-refractivity contribution < 1.29 is 9.50 Å². The van der Waals surface area contributed by atoms with Crippen molar-refractivity contribution >= 4 is 23.2 Å². The summed E-state index contributed by atoms with van der Waals surface area (Å²) >= 11 is 12.0. The van der Waals surface area contributed by atoms with Crippen LogP contribution >= 0.6 is 23.2 Å². The summed E-state index contributed by atoms with van der Waals surface area (Å²) in [5.74, 6) is -0.606. The fourth-order valence-electron chi connectivity index (χ4n) is 1.50. The lowest BCUT2D eigenvalue weighted by Gasteiger charge is -2.09. The van der Waals surface area contributed by atoms with Crippen LogP contribution < -0.4 is 0 Å². The summed E-state index contributed by atoms with van der Waals surface area (Å²) in [5.41, 5.74) is 0.543. The van der Waals surface area contributed by atoms with Crippen molar-refractivity contribution in [2.75, 3.05) is 0 Å². The zero-order chi connectivity index (χ0) is 12.4. The number of aliphatic hydroxyl groups is 1. The van der Waals surface area contributed by atoms with E-state index in [2.05, 4.69) is 4.98 Å². The summed E-state index contributed by atoms with van der Waals surface area (Å²) in [6.45, 7) is -0.399. The molecule has 1 heterocycles. The molecule has 1 aromatic heterocycles. The van der Waals surface area contributed by atoms with Gasteiger partial charge in [-0.1, -0.05) is 29.3 Å². The van der Waals surface area contributed by atoms with Gasteiger partial charge in [-0.25, -0.2) is 4.39 Å². The van der Waals surface area contributed by atoms with Gasteiger partial charge >= 0.3 is 0 Å². The number of rotatable bonds is 2. The van der Waals surface area contributed by atoms with Crippen molar-refractivity contribution in [3.05, 3.63) is 51.9 Å². The van der Waals surface area contributed by atoms with Crippen LogP contribution in [0.4, 0.5) is 4.39 Å². The summed E-state index contributed by atoms with van der Waals surface area (Å²) < 4.78 is 14.0. The third-order valence-corrected chi connectivity index (χ3v) is 2.97. The predicted octanol–water partition coefficient (Wildman–Crippen LogP) is 3.69. The Labute approximate surface area is 108 Å². The van der Waals surface area contributed by atoms with Gasteiger partial charge in [-0.2, -0.15) is 0 Å². The first-order valence-corrected chi connectivity index (χ1v) is 5.59. The lowest BCUT2D eigenvalue weighted by atomic mass is 10.1. The number of halogens is 3. The van der Waals surface area contributed by atoms with Crippen LogP contribution in [0.1, 0.15) is 5.56 Å². The molecule has 17 heavy (non-hydrogen) atoms. The average Bonchev–Trinajstić information content (AvgIpc) is 2.31. The van der Waals surface area contributed by atoms with Crippen LogP contribution in [0.5, 0.6) is 0 Å². The molecule has 0 bridgehead atoms. The second kappa shape index (κ2) is 5.00. The molecule has 0 aliphatic heterocycles. The Morgan fingerprint density at radius 3 is 2.41 bits per heavy atom. The van der Waals surface area contributed by atoms with Crippen LogP contribution in [0.15, 0.2) is 30.5 Å². The summed E-state index contributed by atoms with van der Waals surface area (Å²) in [5, 5.41) is 9.63. The van der Waals surface area contributed by atoms with Crippen molar-refractivity contribution in [3.63, 3.8) is 0 Å². The van der Waals surface area contributed by atoms with Crippen molar-refractivity contribution in [1.29, 1.82) is 0 Å². The Morgan fingerprint density at radius 1 is 1.18 bits per heavy atom. The minimum atomic E-state index is -0.606. The van der Waals surface area contributed by atoms with Gasteiger partial charge in [-0.15, -0.1) is 0 Å². The fraction of sp³-hybridized carbons (Fsp3) is 0.0833. The SMILES string of the molecule is OCc1ccnc(-c2c(Cl)cccc2Cl)c1F. The highest BCUT2D eigenvalue weighted by atomic mass is 35.5. The standard InChI is InChI=1S/C12H8Cl2FNO/c13-8-2-1-3-9(14)10(8)12-11(15)7(6-17)4-5-16-12/h1-5,17H,6H2. The second-order valence-corrected chi connectivity index (χ2v) is 4.20. The van der Waals surface area contributed by atoms with Gasteiger partial charge in [0.2, 0.25) is 0 Å². The van der Waals surface area contributed by atoms with E-state index in [0.717, 1.165) is 0 Å². The third kappa shape index (κ3) is 2.27. The van der Waals surface area contributed by atoms with Gasteiger partial charge in [0.15, 0.2) is 5.82 Å². The molecule has 1 N–H and O–H groups in total. The van der Waals surface area contributed by atoms with Gasteiger partial charge in [0.25, 0.3) is 0 Å². The predicted molar refractivity (Wildman–Crippen MR) is 65.6 cm³/mol. The maximum atomic E-state index is 14.0. The van der Waals surface area contributed by atoms with Gasteiger partial charge in [-0.3, -0.25) is 4.98 Å². The highest BCUT2D eigenvalue weighted by Gasteiger charge is 2.16. The lowest BCUT2D eigenvalue weighted by molar-refractivity contribution is 0.275. The molecule has 0 saturated heterocycles. The van der Waals surface area contributed by atoms with Crippen molar-refractivity contribution in [3.8, 4) is 11.3 Å². The lowest BCUT2D eigenvalue weighted by Crippen LogP contribution is -1.97. The van der Waals surface area contributed by atoms with E-state index < -0.39 is 12.4 Å². The van der Waals surface area contributed by atoms with Gasteiger partial charge in [0.05, 0.1) is 16.7 Å².